The second-order valence-corrected chi connectivity index (χ2v) is 40.6. The van der Waals surface area contributed by atoms with Crippen LogP contribution in [0.5, 0.6) is 0 Å². The van der Waals surface area contributed by atoms with Crippen LogP contribution in [0.25, 0.3) is 22.3 Å². The van der Waals surface area contributed by atoms with E-state index >= 15 is 0 Å². The Bertz CT molecular complexity index is 5830. The molecule has 0 heterocycles. The molecule has 0 bridgehead atoms. The number of hydrogen-bond acceptors (Lipinski definition) is 0. The Kier molecular flexibility index (Phi) is 38.9. The van der Waals surface area contributed by atoms with E-state index < -0.39 is 28.9 Å². The van der Waals surface area contributed by atoms with Gasteiger partial charge in [0.2, 0.25) is 5.41 Å². The molecule has 6 heteroatoms. The van der Waals surface area contributed by atoms with E-state index in [1.165, 1.54) is 190 Å². The van der Waals surface area contributed by atoms with Crippen LogP contribution < -0.4 is 0 Å². The van der Waals surface area contributed by atoms with E-state index in [0.717, 1.165) is 37.1 Å². The zero-order chi connectivity index (χ0) is 98.8. The number of benzene rings is 14. The first-order valence-electron chi connectivity index (χ1n) is 49.2. The Morgan fingerprint density at radius 1 is 0.259 bits per heavy atom. The summed E-state index contributed by atoms with van der Waals surface area (Å²) in [4.78, 5) is 0. The fourth-order valence-electron chi connectivity index (χ4n) is 17.8. The van der Waals surface area contributed by atoms with Crippen LogP contribution in [0.3, 0.4) is 0 Å². The van der Waals surface area contributed by atoms with Gasteiger partial charge in [-0.05, 0) is 238 Å². The first kappa shape index (κ1) is 107. The molecule has 0 aromatic heterocycles. The highest BCUT2D eigenvalue weighted by Crippen LogP contribution is 2.57. The molecule has 1 aliphatic rings. The molecule has 0 nitrogen and oxygen atoms in total. The van der Waals surface area contributed by atoms with Crippen molar-refractivity contribution in [1.29, 1.82) is 0 Å². The normalized spacial score (nSPS) is 13.1. The van der Waals surface area contributed by atoms with Gasteiger partial charge in [-0.15, -0.1) is 0 Å². The lowest BCUT2D eigenvalue weighted by Gasteiger charge is -2.39. The van der Waals surface area contributed by atoms with Gasteiger partial charge in [-0.25, -0.2) is 0 Å². The quantitative estimate of drug-likeness (QED) is 0.0667. The highest BCUT2D eigenvalue weighted by molar-refractivity contribution is 5.68. The van der Waals surface area contributed by atoms with Crippen molar-refractivity contribution < 1.29 is 26.3 Å². The van der Waals surface area contributed by atoms with E-state index in [4.69, 9.17) is 0 Å². The molecule has 1 aliphatic carbocycles. The standard InChI is InChI=1S/C22H28.C20H26.C19H18F6.C19H24.C17H20.2C16H18/c1-17(2)19-9-13-21(14-10-19)22(15-5-4-6-16-22)20-11-7-18(3)8-12-20;1-6-20(5,18-11-7-16(4)8-12-18)19-13-9-17(10-14-19)15(2)3;1-12(2)14-6-10-16(11-7-14)17(18(20,21)22,19(23,24)25)15-8-4-13(3)5-9-15;1-14(2)16-8-12-18(13-9-16)19(4,5)17-10-6-15(3)7-11-17;1-13(2)17-10-8-16(9-11-17)12-15-6-4-14(3)5-7-15;1-12(2)14-7-9-15(10-8-14)16-6-4-5-13(3)11-16;1-12(2)14-8-10-15(11-9-14)16-7-5-4-6-13(16)3/h7-14,17H,4-6,15-16H2,1-3H3;7-15H,6H2,1-5H3;4-12H,1-3H3;6-14H,1-5H3;4-11,13H,12H2,1-3H3;2*4-12H,1-3H3. The average molecular weight is 1820 g/mol. The Hall–Kier alpha value is -11.3. The van der Waals surface area contributed by atoms with Gasteiger partial charge in [0.1, 0.15) is 0 Å². The molecule has 0 saturated heterocycles. The average Bonchev–Trinajstić information content (AvgIpc) is 0.713. The fraction of sp³-hybridized carbons (Fsp3) is 0.349. The third-order valence-corrected chi connectivity index (χ3v) is 27.6. The van der Waals surface area contributed by atoms with E-state index in [2.05, 4.69) is 444 Å². The third-order valence-electron chi connectivity index (χ3n) is 27.6. The number of aryl methyl sites for hydroxylation is 7. The van der Waals surface area contributed by atoms with Gasteiger partial charge in [0.15, 0.2) is 0 Å². The Morgan fingerprint density at radius 3 is 0.874 bits per heavy atom. The molecule has 0 N–H and O–H groups in total. The highest BCUT2D eigenvalue weighted by Gasteiger charge is 2.72. The number of rotatable bonds is 20. The van der Waals surface area contributed by atoms with Gasteiger partial charge in [-0.1, -0.05) is 517 Å². The maximum Gasteiger partial charge on any atom is 0.411 e. The molecule has 135 heavy (non-hydrogen) atoms. The van der Waals surface area contributed by atoms with Gasteiger partial charge < -0.3 is 0 Å². The second kappa shape index (κ2) is 48.9. The minimum absolute atomic E-state index is 0.000372. The van der Waals surface area contributed by atoms with Crippen LogP contribution in [0.15, 0.2) is 340 Å². The SMILES string of the molecule is CCC(C)(c1ccc(C)cc1)c1ccc(C(C)C)cc1.Cc1ccc(C(C)(C)c2ccc(C(C)C)cc2)cc1.Cc1ccc(C(c2ccc(C(C)C)cc2)(C(F)(F)F)C(F)(F)F)cc1.Cc1ccc(C2(c3ccc(C(C)C)cc3)CCCCC2)cc1.Cc1ccc(Cc2ccc(C(C)C)cc2)cc1.Cc1cccc(-c2ccc(C(C)C)cc2)c1.Cc1ccccc1-c1ccc(C(C)C)cc1. The summed E-state index contributed by atoms with van der Waals surface area (Å²) in [5.74, 6) is 3.61. The summed E-state index contributed by atoms with van der Waals surface area (Å²) in [6.45, 7) is 54.2. The fourth-order valence-corrected chi connectivity index (χ4v) is 17.8. The van der Waals surface area contributed by atoms with Crippen LogP contribution in [-0.2, 0) is 28.1 Å². The lowest BCUT2D eigenvalue weighted by atomic mass is 9.65. The predicted octanol–water partition coefficient (Wildman–Crippen LogP) is 38.5. The van der Waals surface area contributed by atoms with E-state index in [1.807, 2.05) is 13.8 Å². The van der Waals surface area contributed by atoms with Gasteiger partial charge >= 0.3 is 12.4 Å². The molecule has 1 saturated carbocycles. The molecule has 1 fully saturated rings. The molecular formula is C129H152F6. The molecule has 0 aliphatic heterocycles. The minimum atomic E-state index is -5.54. The van der Waals surface area contributed by atoms with Crippen molar-refractivity contribution in [3.05, 3.63) is 473 Å². The van der Waals surface area contributed by atoms with Crippen LogP contribution in [-0.4, -0.2) is 12.4 Å². The molecule has 0 spiro atoms. The molecule has 0 amide bonds. The summed E-state index contributed by atoms with van der Waals surface area (Å²) in [6, 6.07) is 116. The van der Waals surface area contributed by atoms with Crippen molar-refractivity contribution in [2.75, 3.05) is 0 Å². The van der Waals surface area contributed by atoms with Crippen LogP contribution in [0, 0.1) is 48.5 Å². The van der Waals surface area contributed by atoms with Gasteiger partial charge in [-0.2, -0.15) is 26.3 Å². The maximum atomic E-state index is 13.9. The van der Waals surface area contributed by atoms with Gasteiger partial charge in [-0.3, -0.25) is 0 Å². The van der Waals surface area contributed by atoms with Crippen molar-refractivity contribution >= 4 is 0 Å². The van der Waals surface area contributed by atoms with Crippen LogP contribution in [0.4, 0.5) is 26.3 Å². The summed E-state index contributed by atoms with van der Waals surface area (Å²) in [7, 11) is 0. The highest BCUT2D eigenvalue weighted by atomic mass is 19.4. The van der Waals surface area contributed by atoms with E-state index in [0.29, 0.717) is 46.6 Å². The lowest BCUT2D eigenvalue weighted by Crippen LogP contribution is -2.54. The van der Waals surface area contributed by atoms with Crippen molar-refractivity contribution in [1.82, 2.24) is 0 Å². The van der Waals surface area contributed by atoms with Crippen molar-refractivity contribution in [2.24, 2.45) is 0 Å². The Morgan fingerprint density at radius 2 is 0.533 bits per heavy atom. The van der Waals surface area contributed by atoms with Crippen molar-refractivity contribution in [3.63, 3.8) is 0 Å². The van der Waals surface area contributed by atoms with E-state index in [1.54, 1.807) is 6.92 Å². The molecule has 14 aromatic carbocycles. The number of alkyl halides is 6. The maximum absolute atomic E-state index is 13.9. The summed E-state index contributed by atoms with van der Waals surface area (Å²) in [6.07, 6.45) is -2.29. The molecular weight excluding hydrogens is 1660 g/mol. The zero-order valence-electron chi connectivity index (χ0n) is 85.6. The molecule has 710 valence electrons. The Balaban J connectivity index is 0.000000178. The molecule has 1 unspecified atom stereocenters. The van der Waals surface area contributed by atoms with Gasteiger partial charge in [0.25, 0.3) is 0 Å². The van der Waals surface area contributed by atoms with Gasteiger partial charge in [0.05, 0.1) is 0 Å². The smallest absolute Gasteiger partial charge is 0.169 e. The third kappa shape index (κ3) is 28.9. The topological polar surface area (TPSA) is 0 Å². The van der Waals surface area contributed by atoms with Gasteiger partial charge in [0, 0.05) is 16.2 Å². The van der Waals surface area contributed by atoms with E-state index in [9.17, 15) is 26.3 Å². The second-order valence-electron chi connectivity index (χ2n) is 40.6. The van der Waals surface area contributed by atoms with Crippen molar-refractivity contribution in [2.45, 2.75) is 293 Å². The summed E-state index contributed by atoms with van der Waals surface area (Å²) in [5.41, 5.74) is 28.9. The lowest BCUT2D eigenvalue weighted by molar-refractivity contribution is -0.288. The van der Waals surface area contributed by atoms with Crippen molar-refractivity contribution in [3.8, 4) is 22.3 Å². The predicted molar refractivity (Wildman–Crippen MR) is 568 cm³/mol. The molecule has 15 rings (SSSR count). The largest absolute Gasteiger partial charge is 0.411 e. The van der Waals surface area contributed by atoms with Crippen LogP contribution in [0.2, 0.25) is 0 Å². The first-order valence-corrected chi connectivity index (χ1v) is 49.2. The summed E-state index contributed by atoms with van der Waals surface area (Å²) < 4.78 is 83.3. The van der Waals surface area contributed by atoms with Crippen LogP contribution in [0.1, 0.15) is 338 Å². The molecule has 1 atom stereocenters. The summed E-state index contributed by atoms with van der Waals surface area (Å²) in [5, 5.41) is 0. The monoisotopic (exact) mass is 1820 g/mol. The molecule has 14 aromatic rings. The van der Waals surface area contributed by atoms with Crippen LogP contribution >= 0.6 is 0 Å². The number of halogens is 6. The number of hydrogen-bond donors (Lipinski definition) is 0. The van der Waals surface area contributed by atoms with E-state index in [-0.39, 0.29) is 22.2 Å². The minimum Gasteiger partial charge on any atom is -0.169 e. The zero-order valence-corrected chi connectivity index (χ0v) is 85.6. The summed E-state index contributed by atoms with van der Waals surface area (Å²) >= 11 is 0. The first-order chi connectivity index (χ1) is 63.9. The molecule has 0 radical (unpaired) electrons. The Labute approximate surface area is 810 Å².